The molecule has 1 amide bonds. The van der Waals surface area contributed by atoms with Crippen molar-refractivity contribution in [2.45, 2.75) is 18.9 Å². The van der Waals surface area contributed by atoms with Crippen molar-refractivity contribution >= 4 is 21.8 Å². The van der Waals surface area contributed by atoms with Crippen LogP contribution in [0.4, 0.5) is 0 Å². The van der Waals surface area contributed by atoms with Crippen LogP contribution in [0.5, 0.6) is 0 Å². The molecule has 0 spiro atoms. The average molecular weight is 299 g/mol. The zero-order valence-corrected chi connectivity index (χ0v) is 11.3. The molecule has 0 unspecified atom stereocenters. The Labute approximate surface area is 109 Å². The number of methoxy groups -OCH3 is 1. The van der Waals surface area contributed by atoms with E-state index in [0.29, 0.717) is 12.1 Å². The van der Waals surface area contributed by atoms with Crippen molar-refractivity contribution in [3.8, 4) is 0 Å². The fraction of sp³-hybridized carbons (Fsp3) is 0.500. The molecular formula is C12H15BrN2O2. The first-order valence-corrected chi connectivity index (χ1v) is 6.42. The highest BCUT2D eigenvalue weighted by molar-refractivity contribution is 9.10. The zero-order valence-electron chi connectivity index (χ0n) is 9.73. The van der Waals surface area contributed by atoms with E-state index in [1.165, 1.54) is 0 Å². The summed E-state index contributed by atoms with van der Waals surface area (Å²) in [6.07, 6.45) is 5.45. The number of carbonyl (C=O) groups excluding carboxylic acids is 1. The van der Waals surface area contributed by atoms with E-state index in [2.05, 4.69) is 20.9 Å². The van der Waals surface area contributed by atoms with Gasteiger partial charge in [-0.2, -0.15) is 0 Å². The van der Waals surface area contributed by atoms with Gasteiger partial charge < -0.3 is 9.64 Å². The standard InChI is InChI=1S/C12H15BrN2O2/c1-17-11-3-2-4-15(8-11)12(16)9-5-10(13)7-14-6-9/h5-7,11H,2-4,8H2,1H3/t11-/m0/s1. The van der Waals surface area contributed by atoms with Gasteiger partial charge in [0.25, 0.3) is 5.91 Å². The Morgan fingerprint density at radius 1 is 1.59 bits per heavy atom. The monoisotopic (exact) mass is 298 g/mol. The number of hydrogen-bond acceptors (Lipinski definition) is 3. The molecule has 0 bridgehead atoms. The van der Waals surface area contributed by atoms with Crippen LogP contribution in [0.1, 0.15) is 23.2 Å². The normalized spacial score (nSPS) is 20.4. The molecule has 0 N–H and O–H groups in total. The van der Waals surface area contributed by atoms with Crippen LogP contribution in [0.2, 0.25) is 0 Å². The molecule has 5 heteroatoms. The Balaban J connectivity index is 2.09. The highest BCUT2D eigenvalue weighted by Gasteiger charge is 2.24. The maximum atomic E-state index is 12.2. The third-order valence-electron chi connectivity index (χ3n) is 2.95. The van der Waals surface area contributed by atoms with E-state index in [-0.39, 0.29) is 12.0 Å². The van der Waals surface area contributed by atoms with Gasteiger partial charge in [-0.15, -0.1) is 0 Å². The number of rotatable bonds is 2. The highest BCUT2D eigenvalue weighted by Crippen LogP contribution is 2.17. The number of nitrogens with zero attached hydrogens (tertiary/aromatic N) is 2. The molecular weight excluding hydrogens is 284 g/mol. The molecule has 1 aromatic heterocycles. The van der Waals surface area contributed by atoms with Gasteiger partial charge in [-0.3, -0.25) is 9.78 Å². The first-order valence-electron chi connectivity index (χ1n) is 5.63. The number of pyridine rings is 1. The minimum Gasteiger partial charge on any atom is -0.380 e. The molecule has 1 aliphatic rings. The van der Waals surface area contributed by atoms with Gasteiger partial charge in [0.05, 0.1) is 11.7 Å². The van der Waals surface area contributed by atoms with Crippen molar-refractivity contribution < 1.29 is 9.53 Å². The lowest BCUT2D eigenvalue weighted by molar-refractivity contribution is 0.0268. The highest BCUT2D eigenvalue weighted by atomic mass is 79.9. The lowest BCUT2D eigenvalue weighted by Gasteiger charge is -2.31. The number of likely N-dealkylation sites (tertiary alicyclic amines) is 1. The third-order valence-corrected chi connectivity index (χ3v) is 3.38. The van der Waals surface area contributed by atoms with Crippen molar-refractivity contribution in [3.63, 3.8) is 0 Å². The summed E-state index contributed by atoms with van der Waals surface area (Å²) in [5, 5.41) is 0. The van der Waals surface area contributed by atoms with Crippen molar-refractivity contribution in [3.05, 3.63) is 28.5 Å². The summed E-state index contributed by atoms with van der Waals surface area (Å²) in [5.41, 5.74) is 0.621. The van der Waals surface area contributed by atoms with Crippen LogP contribution in [-0.4, -0.2) is 42.1 Å². The van der Waals surface area contributed by atoms with Gasteiger partial charge in [0.2, 0.25) is 0 Å². The fourth-order valence-corrected chi connectivity index (χ4v) is 2.39. The first-order chi connectivity index (χ1) is 8.20. The number of aromatic nitrogens is 1. The van der Waals surface area contributed by atoms with Gasteiger partial charge in [-0.1, -0.05) is 0 Å². The van der Waals surface area contributed by atoms with Gasteiger partial charge in [-0.05, 0) is 34.8 Å². The van der Waals surface area contributed by atoms with Gasteiger partial charge in [0.15, 0.2) is 0 Å². The smallest absolute Gasteiger partial charge is 0.255 e. The summed E-state index contributed by atoms with van der Waals surface area (Å²) in [6, 6.07) is 1.80. The molecule has 1 atom stereocenters. The SMILES string of the molecule is CO[C@H]1CCCN(C(=O)c2cncc(Br)c2)C1. The Morgan fingerprint density at radius 3 is 3.12 bits per heavy atom. The molecule has 1 aliphatic heterocycles. The summed E-state index contributed by atoms with van der Waals surface area (Å²) in [7, 11) is 1.69. The maximum Gasteiger partial charge on any atom is 0.255 e. The van der Waals surface area contributed by atoms with Crippen molar-refractivity contribution in [2.75, 3.05) is 20.2 Å². The van der Waals surface area contributed by atoms with Crippen LogP contribution in [0.25, 0.3) is 0 Å². The molecule has 1 fully saturated rings. The van der Waals surface area contributed by atoms with E-state index in [1.807, 2.05) is 4.90 Å². The number of carbonyl (C=O) groups is 1. The lowest BCUT2D eigenvalue weighted by atomic mass is 10.1. The number of halogens is 1. The van der Waals surface area contributed by atoms with E-state index in [4.69, 9.17) is 4.74 Å². The molecule has 4 nitrogen and oxygen atoms in total. The average Bonchev–Trinajstić information content (AvgIpc) is 2.38. The number of amides is 1. The third kappa shape index (κ3) is 3.04. The van der Waals surface area contributed by atoms with Crippen molar-refractivity contribution in [1.29, 1.82) is 0 Å². The topological polar surface area (TPSA) is 42.4 Å². The molecule has 17 heavy (non-hydrogen) atoms. The van der Waals surface area contributed by atoms with E-state index in [1.54, 1.807) is 25.6 Å². The first kappa shape index (κ1) is 12.5. The number of ether oxygens (including phenoxy) is 1. The van der Waals surface area contributed by atoms with E-state index >= 15 is 0 Å². The van der Waals surface area contributed by atoms with Crippen molar-refractivity contribution in [1.82, 2.24) is 9.88 Å². The quantitative estimate of drug-likeness (QED) is 0.840. The summed E-state index contributed by atoms with van der Waals surface area (Å²) in [4.78, 5) is 18.1. The van der Waals surface area contributed by atoms with E-state index in [0.717, 1.165) is 23.9 Å². The second-order valence-corrected chi connectivity index (χ2v) is 5.06. The molecule has 0 aliphatic carbocycles. The van der Waals surface area contributed by atoms with Crippen LogP contribution in [0.15, 0.2) is 22.9 Å². The van der Waals surface area contributed by atoms with Gasteiger partial charge in [-0.25, -0.2) is 0 Å². The second kappa shape index (κ2) is 5.60. The summed E-state index contributed by atoms with van der Waals surface area (Å²) in [5.74, 6) is 0.0283. The Hall–Kier alpha value is -0.940. The van der Waals surface area contributed by atoms with E-state index < -0.39 is 0 Å². The molecule has 1 saturated heterocycles. The molecule has 0 radical (unpaired) electrons. The molecule has 1 aromatic rings. The predicted octanol–water partition coefficient (Wildman–Crippen LogP) is 2.10. The van der Waals surface area contributed by atoms with E-state index in [9.17, 15) is 4.79 Å². The Morgan fingerprint density at radius 2 is 2.41 bits per heavy atom. The van der Waals surface area contributed by atoms with Crippen LogP contribution in [-0.2, 0) is 4.74 Å². The Kier molecular flexibility index (Phi) is 4.12. The van der Waals surface area contributed by atoms with Gasteiger partial charge in [0, 0.05) is 37.1 Å². The van der Waals surface area contributed by atoms with Crippen LogP contribution in [0, 0.1) is 0 Å². The van der Waals surface area contributed by atoms with Crippen LogP contribution < -0.4 is 0 Å². The minimum absolute atomic E-state index is 0.0283. The largest absolute Gasteiger partial charge is 0.380 e. The van der Waals surface area contributed by atoms with Gasteiger partial charge in [0.1, 0.15) is 0 Å². The summed E-state index contributed by atoms with van der Waals surface area (Å²) >= 11 is 3.32. The molecule has 0 aromatic carbocycles. The number of piperidine rings is 1. The Bertz CT molecular complexity index is 411. The van der Waals surface area contributed by atoms with Crippen LogP contribution >= 0.6 is 15.9 Å². The van der Waals surface area contributed by atoms with Crippen molar-refractivity contribution in [2.24, 2.45) is 0 Å². The maximum absolute atomic E-state index is 12.2. The molecule has 0 saturated carbocycles. The summed E-state index contributed by atoms with van der Waals surface area (Å²) < 4.78 is 6.14. The fourth-order valence-electron chi connectivity index (χ4n) is 2.03. The lowest BCUT2D eigenvalue weighted by Crippen LogP contribution is -2.42. The molecule has 2 heterocycles. The van der Waals surface area contributed by atoms with Crippen LogP contribution in [0.3, 0.4) is 0 Å². The van der Waals surface area contributed by atoms with Gasteiger partial charge >= 0.3 is 0 Å². The number of hydrogen-bond donors (Lipinski definition) is 0. The predicted molar refractivity (Wildman–Crippen MR) is 67.9 cm³/mol. The molecule has 2 rings (SSSR count). The minimum atomic E-state index is 0.0283. The summed E-state index contributed by atoms with van der Waals surface area (Å²) in [6.45, 7) is 1.47. The zero-order chi connectivity index (χ0) is 12.3. The molecule has 92 valence electrons. The second-order valence-electron chi connectivity index (χ2n) is 4.14.